The fourth-order valence-electron chi connectivity index (χ4n) is 1.63. The summed E-state index contributed by atoms with van der Waals surface area (Å²) in [6.07, 6.45) is 2.18. The third kappa shape index (κ3) is 3.67. The zero-order valence-corrected chi connectivity index (χ0v) is 11.6. The van der Waals surface area contributed by atoms with Crippen LogP contribution < -0.4 is 10.3 Å². The molecule has 1 amide bonds. The number of hydrogen-bond donors (Lipinski definition) is 1. The maximum atomic E-state index is 11.8. The molecule has 0 radical (unpaired) electrons. The summed E-state index contributed by atoms with van der Waals surface area (Å²) in [5, 5.41) is 2.84. The Balaban J connectivity index is 1.98. The van der Waals surface area contributed by atoms with Gasteiger partial charge in [0, 0.05) is 10.5 Å². The Morgan fingerprint density at radius 3 is 2.67 bits per heavy atom. The Kier molecular flexibility index (Phi) is 4.10. The van der Waals surface area contributed by atoms with Crippen LogP contribution in [0.1, 0.15) is 11.1 Å². The van der Waals surface area contributed by atoms with Gasteiger partial charge in [-0.15, -0.1) is 0 Å². The van der Waals surface area contributed by atoms with Gasteiger partial charge in [0.05, 0.1) is 12.6 Å². The number of aromatic amines is 1. The summed E-state index contributed by atoms with van der Waals surface area (Å²) < 4.78 is 1.01. The molecule has 0 fully saturated rings. The van der Waals surface area contributed by atoms with Gasteiger partial charge in [-0.2, -0.15) is 0 Å². The number of carbonyl (C=O) groups excluding carboxylic acids is 1. The lowest BCUT2D eigenvalue weighted by Gasteiger charge is -2.00. The molecule has 1 heterocycles. The molecule has 1 aromatic carbocycles. The third-order valence-electron chi connectivity index (χ3n) is 2.51. The largest absolute Gasteiger partial charge is 0.311 e. The second-order valence-corrected chi connectivity index (χ2v) is 5.05. The first-order valence-corrected chi connectivity index (χ1v) is 6.45. The topological polar surface area (TPSA) is 43.2 Å². The quantitative estimate of drug-likeness (QED) is 0.931. The average Bonchev–Trinajstić information content (AvgIpc) is 2.32. The Labute approximate surface area is 114 Å². The number of hydrogen-bond acceptors (Lipinski definition) is 1. The first-order chi connectivity index (χ1) is 8.63. The summed E-state index contributed by atoms with van der Waals surface area (Å²) in [4.78, 5) is 14.8. The van der Waals surface area contributed by atoms with Gasteiger partial charge >= 0.3 is 5.91 Å². The van der Waals surface area contributed by atoms with Gasteiger partial charge in [0.25, 0.3) is 5.82 Å². The molecule has 0 spiro atoms. The van der Waals surface area contributed by atoms with Crippen LogP contribution in [0.15, 0.2) is 47.1 Å². The Bertz CT molecular complexity index is 552. The first-order valence-electron chi connectivity index (χ1n) is 5.66. The molecule has 18 heavy (non-hydrogen) atoms. The lowest BCUT2D eigenvalue weighted by molar-refractivity contribution is -0.360. The van der Waals surface area contributed by atoms with E-state index in [4.69, 9.17) is 0 Å². The van der Waals surface area contributed by atoms with Gasteiger partial charge in [-0.1, -0.05) is 28.1 Å². The molecule has 3 nitrogen and oxygen atoms in total. The molecule has 1 aromatic heterocycles. The third-order valence-corrected chi connectivity index (χ3v) is 3.04. The van der Waals surface area contributed by atoms with Gasteiger partial charge in [-0.05, 0) is 36.2 Å². The number of halogens is 1. The maximum Gasteiger partial charge on any atom is 0.311 e. The van der Waals surface area contributed by atoms with Crippen molar-refractivity contribution in [2.45, 2.75) is 13.3 Å². The predicted octanol–water partition coefficient (Wildman–Crippen LogP) is 2.75. The van der Waals surface area contributed by atoms with Crippen LogP contribution in [0.4, 0.5) is 5.82 Å². The second-order valence-electron chi connectivity index (χ2n) is 4.13. The average molecular weight is 306 g/mol. The molecule has 0 atom stereocenters. The van der Waals surface area contributed by atoms with Crippen molar-refractivity contribution < 1.29 is 9.78 Å². The predicted molar refractivity (Wildman–Crippen MR) is 74.2 cm³/mol. The number of carbonyl (C=O) groups is 1. The number of nitrogens with one attached hydrogen (secondary N) is 2. The summed E-state index contributed by atoms with van der Waals surface area (Å²) in [6.45, 7) is 1.98. The van der Waals surface area contributed by atoms with Crippen LogP contribution >= 0.6 is 15.9 Å². The van der Waals surface area contributed by atoms with Gasteiger partial charge in [0.15, 0.2) is 0 Å². The van der Waals surface area contributed by atoms with Crippen LogP contribution in [-0.2, 0) is 11.2 Å². The molecule has 0 aliphatic carbocycles. The van der Waals surface area contributed by atoms with Crippen LogP contribution in [0.5, 0.6) is 0 Å². The van der Waals surface area contributed by atoms with Gasteiger partial charge < -0.3 is 0 Å². The van der Waals surface area contributed by atoms with Crippen molar-refractivity contribution in [1.82, 2.24) is 0 Å². The number of benzene rings is 1. The molecule has 0 aliphatic heterocycles. The van der Waals surface area contributed by atoms with Crippen molar-refractivity contribution in [3.63, 3.8) is 0 Å². The van der Waals surface area contributed by atoms with Gasteiger partial charge in [0.2, 0.25) is 0 Å². The minimum atomic E-state index is -0.0285. The van der Waals surface area contributed by atoms with E-state index in [0.717, 1.165) is 21.4 Å². The summed E-state index contributed by atoms with van der Waals surface area (Å²) >= 11 is 3.37. The lowest BCUT2D eigenvalue weighted by atomic mass is 10.1. The summed E-state index contributed by atoms with van der Waals surface area (Å²) in [6, 6.07) is 11.6. The summed E-state index contributed by atoms with van der Waals surface area (Å²) in [7, 11) is 0. The molecule has 2 aromatic rings. The number of aromatic nitrogens is 1. The Morgan fingerprint density at radius 1 is 1.28 bits per heavy atom. The smallest absolute Gasteiger partial charge is 0.247 e. The van der Waals surface area contributed by atoms with E-state index in [1.807, 2.05) is 49.5 Å². The second kappa shape index (κ2) is 5.78. The highest BCUT2D eigenvalue weighted by Gasteiger charge is 2.10. The van der Waals surface area contributed by atoms with E-state index in [9.17, 15) is 4.79 Å². The highest BCUT2D eigenvalue weighted by atomic mass is 79.9. The van der Waals surface area contributed by atoms with E-state index in [0.29, 0.717) is 6.42 Å². The highest BCUT2D eigenvalue weighted by molar-refractivity contribution is 9.10. The van der Waals surface area contributed by atoms with E-state index < -0.39 is 0 Å². The molecule has 0 aliphatic rings. The number of amides is 1. The fraction of sp³-hybridized carbons (Fsp3) is 0.143. The van der Waals surface area contributed by atoms with E-state index in [1.165, 1.54) is 0 Å². The molecule has 2 N–H and O–H groups in total. The zero-order chi connectivity index (χ0) is 13.0. The van der Waals surface area contributed by atoms with Crippen molar-refractivity contribution in [3.05, 3.63) is 58.2 Å². The molecule has 0 unspecified atom stereocenters. The molecule has 92 valence electrons. The normalized spacial score (nSPS) is 10.1. The molecule has 4 heteroatoms. The molecule has 0 bridgehead atoms. The minimum Gasteiger partial charge on any atom is -0.247 e. The monoisotopic (exact) mass is 305 g/mol. The number of anilines is 1. The van der Waals surface area contributed by atoms with Crippen molar-refractivity contribution in [1.29, 1.82) is 0 Å². The number of aryl methyl sites for hydroxylation is 1. The van der Waals surface area contributed by atoms with Crippen LogP contribution in [0.25, 0.3) is 0 Å². The number of pyridine rings is 1. The van der Waals surface area contributed by atoms with E-state index in [-0.39, 0.29) is 5.91 Å². The number of rotatable bonds is 3. The molecular weight excluding hydrogens is 292 g/mol. The van der Waals surface area contributed by atoms with Crippen molar-refractivity contribution in [2.75, 3.05) is 5.32 Å². The zero-order valence-electron chi connectivity index (χ0n) is 10.0. The summed E-state index contributed by atoms with van der Waals surface area (Å²) in [5.74, 6) is 0.691. The molecular formula is C14H14BrN2O+. The van der Waals surface area contributed by atoms with Gasteiger partial charge in [-0.3, -0.25) is 0 Å². The van der Waals surface area contributed by atoms with Crippen LogP contribution in [0.3, 0.4) is 0 Å². The van der Waals surface area contributed by atoms with E-state index >= 15 is 0 Å². The van der Waals surface area contributed by atoms with Gasteiger partial charge in [-0.25, -0.2) is 15.1 Å². The SMILES string of the molecule is Cc1cc[nH+]c(NC(=O)Cc2ccc(Br)cc2)c1. The first kappa shape index (κ1) is 12.8. The summed E-state index contributed by atoms with van der Waals surface area (Å²) in [5.41, 5.74) is 2.09. The molecule has 2 rings (SSSR count). The van der Waals surface area contributed by atoms with Crippen molar-refractivity contribution in [3.8, 4) is 0 Å². The van der Waals surface area contributed by atoms with Crippen LogP contribution in [0.2, 0.25) is 0 Å². The minimum absolute atomic E-state index is 0.0285. The highest BCUT2D eigenvalue weighted by Crippen LogP contribution is 2.11. The van der Waals surface area contributed by atoms with Crippen molar-refractivity contribution in [2.24, 2.45) is 0 Å². The van der Waals surface area contributed by atoms with Crippen LogP contribution in [-0.4, -0.2) is 5.91 Å². The van der Waals surface area contributed by atoms with E-state index in [2.05, 4.69) is 26.2 Å². The van der Waals surface area contributed by atoms with Crippen molar-refractivity contribution >= 4 is 27.7 Å². The fourth-order valence-corrected chi connectivity index (χ4v) is 1.90. The van der Waals surface area contributed by atoms with Gasteiger partial charge in [0.1, 0.15) is 0 Å². The lowest BCUT2D eigenvalue weighted by Crippen LogP contribution is -2.20. The Hall–Kier alpha value is -1.68. The number of H-pyrrole nitrogens is 1. The molecule has 0 saturated carbocycles. The van der Waals surface area contributed by atoms with Crippen LogP contribution in [0, 0.1) is 6.92 Å². The molecule has 0 saturated heterocycles. The van der Waals surface area contributed by atoms with E-state index in [1.54, 1.807) is 0 Å². The standard InChI is InChI=1S/C14H13BrN2O/c1-10-6-7-16-13(8-10)17-14(18)9-11-2-4-12(15)5-3-11/h2-8H,9H2,1H3,(H,16,17,18)/p+1. The maximum absolute atomic E-state index is 11.8. The Morgan fingerprint density at radius 2 is 2.00 bits per heavy atom.